The molecule has 1 amide bonds. The lowest BCUT2D eigenvalue weighted by Gasteiger charge is -2.21. The first kappa shape index (κ1) is 13.2. The Labute approximate surface area is 108 Å². The number of carbonyl (C=O) groups is 1. The standard InChI is InChI=1S/C13H22N2O3/c1-10-12(18-9-8-17-10)13(16)14-6-5-11-4-3-7-15(11)2/h11H,3-9H2,1-2H3,(H,14,16). The van der Waals surface area contributed by atoms with Crippen LogP contribution in [0.25, 0.3) is 0 Å². The number of carbonyl (C=O) groups excluding carboxylic acids is 1. The van der Waals surface area contributed by atoms with Gasteiger partial charge in [-0.05, 0) is 39.8 Å². The summed E-state index contributed by atoms with van der Waals surface area (Å²) in [5.41, 5.74) is 0. The van der Waals surface area contributed by atoms with Crippen molar-refractivity contribution in [3.05, 3.63) is 11.5 Å². The van der Waals surface area contributed by atoms with Crippen molar-refractivity contribution >= 4 is 5.91 Å². The third-order valence-electron chi connectivity index (χ3n) is 3.61. The van der Waals surface area contributed by atoms with Crippen LogP contribution in [0.3, 0.4) is 0 Å². The Balaban J connectivity index is 1.74. The van der Waals surface area contributed by atoms with Crippen molar-refractivity contribution in [2.45, 2.75) is 32.2 Å². The molecule has 0 saturated carbocycles. The molecule has 2 rings (SSSR count). The molecular formula is C13H22N2O3. The fourth-order valence-electron chi connectivity index (χ4n) is 2.51. The molecule has 1 N–H and O–H groups in total. The second kappa shape index (κ2) is 6.09. The summed E-state index contributed by atoms with van der Waals surface area (Å²) in [4.78, 5) is 14.2. The molecule has 2 heterocycles. The molecule has 0 aromatic rings. The highest BCUT2D eigenvalue weighted by Crippen LogP contribution is 2.17. The molecule has 0 aromatic carbocycles. The minimum Gasteiger partial charge on any atom is -0.491 e. The lowest BCUT2D eigenvalue weighted by Crippen LogP contribution is -2.34. The molecule has 1 fully saturated rings. The van der Waals surface area contributed by atoms with Crippen LogP contribution >= 0.6 is 0 Å². The lowest BCUT2D eigenvalue weighted by molar-refractivity contribution is -0.122. The zero-order valence-electron chi connectivity index (χ0n) is 11.2. The SMILES string of the molecule is CC1=C(C(=O)NCCC2CCCN2C)OCCO1. The second-order valence-electron chi connectivity index (χ2n) is 4.90. The summed E-state index contributed by atoms with van der Waals surface area (Å²) in [5.74, 6) is 0.755. The molecule has 0 spiro atoms. The van der Waals surface area contributed by atoms with Crippen LogP contribution < -0.4 is 5.32 Å². The van der Waals surface area contributed by atoms with E-state index in [1.165, 1.54) is 19.4 Å². The smallest absolute Gasteiger partial charge is 0.289 e. The van der Waals surface area contributed by atoms with E-state index in [0.717, 1.165) is 6.42 Å². The fraction of sp³-hybridized carbons (Fsp3) is 0.769. The van der Waals surface area contributed by atoms with E-state index in [4.69, 9.17) is 9.47 Å². The molecule has 2 aliphatic heterocycles. The summed E-state index contributed by atoms with van der Waals surface area (Å²) < 4.78 is 10.6. The number of amides is 1. The minimum atomic E-state index is -0.159. The number of hydrogen-bond acceptors (Lipinski definition) is 4. The van der Waals surface area contributed by atoms with Crippen LogP contribution in [0.4, 0.5) is 0 Å². The summed E-state index contributed by atoms with van der Waals surface area (Å²) in [5, 5.41) is 2.90. The van der Waals surface area contributed by atoms with Gasteiger partial charge in [0.15, 0.2) is 0 Å². The first-order valence-electron chi connectivity index (χ1n) is 6.63. The first-order chi connectivity index (χ1) is 8.68. The molecule has 0 aromatic heterocycles. The van der Waals surface area contributed by atoms with Crippen LogP contribution in [0.2, 0.25) is 0 Å². The zero-order chi connectivity index (χ0) is 13.0. The summed E-state index contributed by atoms with van der Waals surface area (Å²) in [6, 6.07) is 0.601. The average molecular weight is 254 g/mol. The lowest BCUT2D eigenvalue weighted by atomic mass is 10.1. The fourth-order valence-corrected chi connectivity index (χ4v) is 2.51. The predicted octanol–water partition coefficient (Wildman–Crippen LogP) is 0.865. The number of nitrogens with zero attached hydrogens (tertiary/aromatic N) is 1. The van der Waals surface area contributed by atoms with Gasteiger partial charge in [0.1, 0.15) is 19.0 Å². The Bertz CT molecular complexity index is 341. The maximum absolute atomic E-state index is 11.9. The average Bonchev–Trinajstić information content (AvgIpc) is 2.75. The molecular weight excluding hydrogens is 232 g/mol. The summed E-state index contributed by atoms with van der Waals surface area (Å²) in [6.45, 7) is 4.59. The van der Waals surface area contributed by atoms with E-state index >= 15 is 0 Å². The number of ether oxygens (including phenoxy) is 2. The largest absolute Gasteiger partial charge is 0.491 e. The van der Waals surface area contributed by atoms with Gasteiger partial charge < -0.3 is 19.7 Å². The quantitative estimate of drug-likeness (QED) is 0.808. The normalized spacial score (nSPS) is 24.7. The van der Waals surface area contributed by atoms with Gasteiger partial charge in [0, 0.05) is 12.6 Å². The van der Waals surface area contributed by atoms with Crippen molar-refractivity contribution in [2.75, 3.05) is 33.4 Å². The van der Waals surface area contributed by atoms with E-state index in [1.807, 2.05) is 0 Å². The van der Waals surface area contributed by atoms with Crippen molar-refractivity contribution in [3.63, 3.8) is 0 Å². The molecule has 5 nitrogen and oxygen atoms in total. The van der Waals surface area contributed by atoms with E-state index in [0.29, 0.717) is 37.3 Å². The molecule has 1 saturated heterocycles. The van der Waals surface area contributed by atoms with Gasteiger partial charge in [-0.25, -0.2) is 0 Å². The number of likely N-dealkylation sites (tertiary alicyclic amines) is 1. The van der Waals surface area contributed by atoms with Crippen LogP contribution in [0.15, 0.2) is 11.5 Å². The van der Waals surface area contributed by atoms with Gasteiger partial charge in [0.2, 0.25) is 5.76 Å². The highest BCUT2D eigenvalue weighted by Gasteiger charge is 2.22. The summed E-state index contributed by atoms with van der Waals surface area (Å²) >= 11 is 0. The molecule has 0 aliphatic carbocycles. The molecule has 0 bridgehead atoms. The number of hydrogen-bond donors (Lipinski definition) is 1. The van der Waals surface area contributed by atoms with Crippen molar-refractivity contribution in [2.24, 2.45) is 0 Å². The Morgan fingerprint density at radius 3 is 2.89 bits per heavy atom. The second-order valence-corrected chi connectivity index (χ2v) is 4.90. The van der Waals surface area contributed by atoms with Gasteiger partial charge >= 0.3 is 0 Å². The molecule has 1 atom stereocenters. The number of allylic oxidation sites excluding steroid dienone is 1. The Kier molecular flexibility index (Phi) is 4.47. The van der Waals surface area contributed by atoms with Gasteiger partial charge in [-0.15, -0.1) is 0 Å². The van der Waals surface area contributed by atoms with Gasteiger partial charge in [-0.2, -0.15) is 0 Å². The van der Waals surface area contributed by atoms with E-state index in [2.05, 4.69) is 17.3 Å². The molecule has 0 radical (unpaired) electrons. The van der Waals surface area contributed by atoms with Crippen molar-refractivity contribution in [1.82, 2.24) is 10.2 Å². The molecule has 18 heavy (non-hydrogen) atoms. The first-order valence-corrected chi connectivity index (χ1v) is 6.63. The van der Waals surface area contributed by atoms with Crippen LogP contribution in [-0.4, -0.2) is 50.2 Å². The summed E-state index contributed by atoms with van der Waals surface area (Å²) in [6.07, 6.45) is 3.49. The van der Waals surface area contributed by atoms with E-state index in [9.17, 15) is 4.79 Å². The maximum atomic E-state index is 11.9. The maximum Gasteiger partial charge on any atom is 0.289 e. The van der Waals surface area contributed by atoms with Crippen LogP contribution in [0.1, 0.15) is 26.2 Å². The van der Waals surface area contributed by atoms with Crippen LogP contribution in [0.5, 0.6) is 0 Å². The van der Waals surface area contributed by atoms with Gasteiger partial charge in [-0.1, -0.05) is 0 Å². The molecule has 1 unspecified atom stereocenters. The van der Waals surface area contributed by atoms with E-state index in [1.54, 1.807) is 6.92 Å². The number of nitrogens with one attached hydrogen (secondary N) is 1. The Morgan fingerprint density at radius 2 is 2.22 bits per heavy atom. The third kappa shape index (κ3) is 3.16. The van der Waals surface area contributed by atoms with E-state index in [-0.39, 0.29) is 5.91 Å². The zero-order valence-corrected chi connectivity index (χ0v) is 11.2. The topological polar surface area (TPSA) is 50.8 Å². The van der Waals surface area contributed by atoms with Gasteiger partial charge in [0.25, 0.3) is 5.91 Å². The van der Waals surface area contributed by atoms with Gasteiger partial charge in [-0.3, -0.25) is 4.79 Å². The summed E-state index contributed by atoms with van der Waals surface area (Å²) in [7, 11) is 2.14. The Hall–Kier alpha value is -1.23. The Morgan fingerprint density at radius 1 is 1.44 bits per heavy atom. The van der Waals surface area contributed by atoms with Crippen LogP contribution in [0, 0.1) is 0 Å². The predicted molar refractivity (Wildman–Crippen MR) is 67.9 cm³/mol. The van der Waals surface area contributed by atoms with Crippen molar-refractivity contribution < 1.29 is 14.3 Å². The monoisotopic (exact) mass is 254 g/mol. The molecule has 102 valence electrons. The van der Waals surface area contributed by atoms with Gasteiger partial charge in [0.05, 0.1) is 0 Å². The number of rotatable bonds is 4. The van der Waals surface area contributed by atoms with Crippen molar-refractivity contribution in [3.8, 4) is 0 Å². The highest BCUT2D eigenvalue weighted by atomic mass is 16.6. The molecule has 2 aliphatic rings. The third-order valence-corrected chi connectivity index (χ3v) is 3.61. The highest BCUT2D eigenvalue weighted by molar-refractivity contribution is 5.91. The minimum absolute atomic E-state index is 0.159. The van der Waals surface area contributed by atoms with Crippen molar-refractivity contribution in [1.29, 1.82) is 0 Å². The van der Waals surface area contributed by atoms with E-state index < -0.39 is 0 Å². The molecule has 5 heteroatoms. The van der Waals surface area contributed by atoms with Crippen LogP contribution in [-0.2, 0) is 14.3 Å².